The number of rotatable bonds is 2. The first-order valence-electron chi connectivity index (χ1n) is 4.41. The van der Waals surface area contributed by atoms with E-state index < -0.39 is 0 Å². The van der Waals surface area contributed by atoms with E-state index in [0.717, 1.165) is 17.2 Å². The van der Waals surface area contributed by atoms with Crippen molar-refractivity contribution in [2.75, 3.05) is 5.73 Å². The van der Waals surface area contributed by atoms with Crippen LogP contribution in [0.25, 0.3) is 0 Å². The SMILES string of the molecule is CC(C)c1cc(N)c(C(C)C)o1. The molecule has 0 aliphatic carbocycles. The molecule has 2 nitrogen and oxygen atoms in total. The summed E-state index contributed by atoms with van der Waals surface area (Å²) in [7, 11) is 0. The Morgan fingerprint density at radius 1 is 1.17 bits per heavy atom. The Labute approximate surface area is 73.8 Å². The minimum Gasteiger partial charge on any atom is -0.463 e. The van der Waals surface area contributed by atoms with Crippen LogP contribution in [0.1, 0.15) is 51.1 Å². The van der Waals surface area contributed by atoms with Crippen LogP contribution in [0.5, 0.6) is 0 Å². The number of nitrogen functional groups attached to an aromatic ring is 1. The van der Waals surface area contributed by atoms with Crippen LogP contribution in [0.4, 0.5) is 5.69 Å². The molecule has 1 rings (SSSR count). The van der Waals surface area contributed by atoms with E-state index in [0.29, 0.717) is 11.8 Å². The molecule has 0 bridgehead atoms. The van der Waals surface area contributed by atoms with E-state index in [2.05, 4.69) is 27.7 Å². The maximum absolute atomic E-state index is 5.79. The smallest absolute Gasteiger partial charge is 0.129 e. The van der Waals surface area contributed by atoms with Crippen molar-refractivity contribution in [1.29, 1.82) is 0 Å². The first-order chi connectivity index (χ1) is 5.52. The highest BCUT2D eigenvalue weighted by molar-refractivity contribution is 5.45. The second-order valence-corrected chi connectivity index (χ2v) is 3.78. The zero-order valence-corrected chi connectivity index (χ0v) is 8.22. The third-order valence-corrected chi connectivity index (χ3v) is 1.90. The van der Waals surface area contributed by atoms with Crippen LogP contribution in [-0.4, -0.2) is 0 Å². The van der Waals surface area contributed by atoms with Gasteiger partial charge in [0, 0.05) is 17.9 Å². The third-order valence-electron chi connectivity index (χ3n) is 1.90. The Bertz CT molecular complexity index is 261. The molecule has 68 valence electrons. The van der Waals surface area contributed by atoms with Gasteiger partial charge in [-0.3, -0.25) is 0 Å². The summed E-state index contributed by atoms with van der Waals surface area (Å²) in [5.74, 6) is 2.69. The molecule has 0 aliphatic rings. The Kier molecular flexibility index (Phi) is 2.46. The molecule has 0 atom stereocenters. The lowest BCUT2D eigenvalue weighted by atomic mass is 10.1. The summed E-state index contributed by atoms with van der Waals surface area (Å²) in [5.41, 5.74) is 6.57. The maximum Gasteiger partial charge on any atom is 0.129 e. The lowest BCUT2D eigenvalue weighted by Gasteiger charge is -2.01. The van der Waals surface area contributed by atoms with Crippen molar-refractivity contribution in [2.24, 2.45) is 0 Å². The molecular formula is C10H17NO. The van der Waals surface area contributed by atoms with Gasteiger partial charge in [-0.25, -0.2) is 0 Å². The number of anilines is 1. The fourth-order valence-electron chi connectivity index (χ4n) is 1.18. The summed E-state index contributed by atoms with van der Waals surface area (Å²) in [4.78, 5) is 0. The molecule has 12 heavy (non-hydrogen) atoms. The molecular weight excluding hydrogens is 150 g/mol. The molecule has 0 fully saturated rings. The van der Waals surface area contributed by atoms with Gasteiger partial charge in [-0.1, -0.05) is 27.7 Å². The van der Waals surface area contributed by atoms with Crippen LogP contribution in [0.3, 0.4) is 0 Å². The van der Waals surface area contributed by atoms with Crippen molar-refractivity contribution < 1.29 is 4.42 Å². The second-order valence-electron chi connectivity index (χ2n) is 3.78. The zero-order chi connectivity index (χ0) is 9.30. The fourth-order valence-corrected chi connectivity index (χ4v) is 1.18. The molecule has 0 spiro atoms. The normalized spacial score (nSPS) is 11.5. The Morgan fingerprint density at radius 3 is 2.00 bits per heavy atom. The average Bonchev–Trinajstić information content (AvgIpc) is 2.30. The van der Waals surface area contributed by atoms with Gasteiger partial charge in [0.05, 0.1) is 5.69 Å². The van der Waals surface area contributed by atoms with Crippen LogP contribution < -0.4 is 5.73 Å². The quantitative estimate of drug-likeness (QED) is 0.735. The van der Waals surface area contributed by atoms with E-state index in [4.69, 9.17) is 10.2 Å². The lowest BCUT2D eigenvalue weighted by Crippen LogP contribution is -1.90. The topological polar surface area (TPSA) is 39.2 Å². The zero-order valence-electron chi connectivity index (χ0n) is 8.22. The monoisotopic (exact) mass is 167 g/mol. The summed E-state index contributed by atoms with van der Waals surface area (Å²) in [6, 6.07) is 1.93. The van der Waals surface area contributed by atoms with Gasteiger partial charge in [-0.15, -0.1) is 0 Å². The van der Waals surface area contributed by atoms with Gasteiger partial charge in [0.25, 0.3) is 0 Å². The molecule has 1 aromatic heterocycles. The molecule has 0 amide bonds. The molecule has 1 aromatic rings. The molecule has 2 N–H and O–H groups in total. The Morgan fingerprint density at radius 2 is 1.75 bits per heavy atom. The third kappa shape index (κ3) is 1.63. The van der Waals surface area contributed by atoms with Crippen LogP contribution in [-0.2, 0) is 0 Å². The summed E-state index contributed by atoms with van der Waals surface area (Å²) in [6.07, 6.45) is 0. The van der Waals surface area contributed by atoms with Crippen molar-refractivity contribution in [3.8, 4) is 0 Å². The summed E-state index contributed by atoms with van der Waals surface area (Å²) in [5, 5.41) is 0. The van der Waals surface area contributed by atoms with E-state index in [1.807, 2.05) is 6.07 Å². The van der Waals surface area contributed by atoms with Crippen LogP contribution in [0.15, 0.2) is 10.5 Å². The highest BCUT2D eigenvalue weighted by Gasteiger charge is 2.13. The minimum atomic E-state index is 0.373. The van der Waals surface area contributed by atoms with Crippen molar-refractivity contribution in [1.82, 2.24) is 0 Å². The van der Waals surface area contributed by atoms with Gasteiger partial charge in [0.15, 0.2) is 0 Å². The molecule has 0 saturated heterocycles. The van der Waals surface area contributed by atoms with Gasteiger partial charge in [-0.2, -0.15) is 0 Å². The predicted molar refractivity (Wildman–Crippen MR) is 51.3 cm³/mol. The summed E-state index contributed by atoms with van der Waals surface area (Å²) >= 11 is 0. The van der Waals surface area contributed by atoms with Crippen molar-refractivity contribution in [2.45, 2.75) is 39.5 Å². The maximum atomic E-state index is 5.79. The molecule has 0 aliphatic heterocycles. The summed E-state index contributed by atoms with van der Waals surface area (Å²) < 4.78 is 5.61. The predicted octanol–water partition coefficient (Wildman–Crippen LogP) is 3.11. The molecule has 0 radical (unpaired) electrons. The van der Waals surface area contributed by atoms with Gasteiger partial charge >= 0.3 is 0 Å². The molecule has 0 saturated carbocycles. The highest BCUT2D eigenvalue weighted by Crippen LogP contribution is 2.29. The van der Waals surface area contributed by atoms with E-state index in [1.165, 1.54) is 0 Å². The average molecular weight is 167 g/mol. The van der Waals surface area contributed by atoms with E-state index >= 15 is 0 Å². The Hall–Kier alpha value is -0.920. The Balaban J connectivity index is 3.00. The van der Waals surface area contributed by atoms with Gasteiger partial charge < -0.3 is 10.2 Å². The largest absolute Gasteiger partial charge is 0.463 e. The van der Waals surface area contributed by atoms with Crippen molar-refractivity contribution in [3.63, 3.8) is 0 Å². The highest BCUT2D eigenvalue weighted by atomic mass is 16.3. The molecule has 2 heteroatoms. The number of nitrogens with two attached hydrogens (primary N) is 1. The number of hydrogen-bond donors (Lipinski definition) is 1. The number of hydrogen-bond acceptors (Lipinski definition) is 2. The molecule has 1 heterocycles. The first-order valence-corrected chi connectivity index (χ1v) is 4.41. The fraction of sp³-hybridized carbons (Fsp3) is 0.600. The van der Waals surface area contributed by atoms with E-state index in [1.54, 1.807) is 0 Å². The standard InChI is InChI=1S/C10H17NO/c1-6(2)9-5-8(11)10(12-9)7(3)4/h5-7H,11H2,1-4H3. The lowest BCUT2D eigenvalue weighted by molar-refractivity contribution is 0.433. The van der Waals surface area contributed by atoms with Gasteiger partial charge in [0.1, 0.15) is 11.5 Å². The van der Waals surface area contributed by atoms with E-state index in [9.17, 15) is 0 Å². The number of furan rings is 1. The molecule has 0 aromatic carbocycles. The first kappa shape index (κ1) is 9.17. The van der Waals surface area contributed by atoms with Gasteiger partial charge in [-0.05, 0) is 0 Å². The van der Waals surface area contributed by atoms with Crippen molar-refractivity contribution in [3.05, 3.63) is 17.6 Å². The second kappa shape index (κ2) is 3.21. The summed E-state index contributed by atoms with van der Waals surface area (Å²) in [6.45, 7) is 8.36. The molecule has 0 unspecified atom stereocenters. The van der Waals surface area contributed by atoms with Crippen LogP contribution in [0.2, 0.25) is 0 Å². The van der Waals surface area contributed by atoms with Crippen LogP contribution >= 0.6 is 0 Å². The van der Waals surface area contributed by atoms with Gasteiger partial charge in [0.2, 0.25) is 0 Å². The minimum absolute atomic E-state index is 0.373. The van der Waals surface area contributed by atoms with Crippen molar-refractivity contribution >= 4 is 5.69 Å². The van der Waals surface area contributed by atoms with Crippen LogP contribution in [0, 0.1) is 0 Å². The van der Waals surface area contributed by atoms with E-state index in [-0.39, 0.29) is 0 Å².